The maximum Gasteiger partial charge on any atom is 0.373 e. The van der Waals surface area contributed by atoms with Gasteiger partial charge < -0.3 is 27.4 Å². The fraction of sp³-hybridized carbons (Fsp3) is 0.364. The van der Waals surface area contributed by atoms with Gasteiger partial charge in [0.25, 0.3) is 0 Å². The predicted molar refractivity (Wildman–Crippen MR) is 69.2 cm³/mol. The second kappa shape index (κ2) is 7.20. The lowest BCUT2D eigenvalue weighted by Gasteiger charge is -2.00. The fourth-order valence-electron chi connectivity index (χ4n) is 1.45. The topological polar surface area (TPSA) is 96.2 Å². The van der Waals surface area contributed by atoms with E-state index in [-0.39, 0.29) is 18.2 Å². The molecule has 0 atom stereocenters. The van der Waals surface area contributed by atoms with Gasteiger partial charge in [-0.05, 0) is 12.1 Å². The molecule has 0 radical (unpaired) electrons. The molecule has 2 N–H and O–H groups in total. The van der Waals surface area contributed by atoms with E-state index in [1.54, 1.807) is 12.1 Å². The Morgan fingerprint density at radius 2 is 2.25 bits per heavy atom. The summed E-state index contributed by atoms with van der Waals surface area (Å²) in [6.45, 7) is 1.96. The highest BCUT2D eigenvalue weighted by atomic mass is 35.5. The molecule has 0 spiro atoms. The van der Waals surface area contributed by atoms with Crippen LogP contribution in [0.4, 0.5) is 0 Å². The zero-order valence-corrected chi connectivity index (χ0v) is 12.6. The zero-order valence-electron chi connectivity index (χ0n) is 11.0. The number of nitrogens with two attached hydrogens (primary N) is 1. The van der Waals surface area contributed by atoms with Gasteiger partial charge in [-0.2, -0.15) is 0 Å². The first-order chi connectivity index (χ1) is 9.15. The van der Waals surface area contributed by atoms with E-state index in [0.717, 1.165) is 12.2 Å². The van der Waals surface area contributed by atoms with Crippen LogP contribution in [-0.2, 0) is 16.9 Å². The summed E-state index contributed by atoms with van der Waals surface area (Å²) < 4.78 is 11.4. The Morgan fingerprint density at radius 3 is 2.85 bits per heavy atom. The van der Waals surface area contributed by atoms with Gasteiger partial charge in [-0.15, -0.1) is 10.2 Å². The molecule has 0 saturated carbocycles. The minimum absolute atomic E-state index is 0. The number of carbonyl (C=O) groups excluding carboxylic acids is 1. The van der Waals surface area contributed by atoms with E-state index in [4.69, 9.17) is 10.3 Å². The number of aromatic nitrogens is 3. The molecule has 0 fully saturated rings. The van der Waals surface area contributed by atoms with Gasteiger partial charge in [0.15, 0.2) is 5.82 Å². The van der Waals surface area contributed by atoms with Crippen LogP contribution in [0.25, 0.3) is 0 Å². The third kappa shape index (κ3) is 3.45. The molecule has 0 amide bonds. The fourth-order valence-corrected chi connectivity index (χ4v) is 2.22. The molecule has 2 aromatic rings. The molecule has 110 valence electrons. The predicted octanol–water partition coefficient (Wildman–Crippen LogP) is -1.77. The van der Waals surface area contributed by atoms with Gasteiger partial charge in [-0.3, -0.25) is 0 Å². The minimum atomic E-state index is -0.494. The SMILES string of the molecule is CCc1nnc(SCc2ccc(C(=O)OC)o2)n1N.[Cl-]. The van der Waals surface area contributed by atoms with E-state index in [1.165, 1.54) is 23.5 Å². The number of nitrogens with zero attached hydrogens (tertiary/aromatic N) is 3. The second-order valence-electron chi connectivity index (χ2n) is 3.67. The smallest absolute Gasteiger partial charge is 0.373 e. The van der Waals surface area contributed by atoms with Gasteiger partial charge in [-0.25, -0.2) is 9.47 Å². The number of ether oxygens (including phenoxy) is 1. The van der Waals surface area contributed by atoms with Crippen LogP contribution in [-0.4, -0.2) is 28.0 Å². The van der Waals surface area contributed by atoms with Crippen LogP contribution in [0.3, 0.4) is 0 Å². The molecule has 2 aromatic heterocycles. The van der Waals surface area contributed by atoms with E-state index in [0.29, 0.717) is 16.7 Å². The molecule has 20 heavy (non-hydrogen) atoms. The van der Waals surface area contributed by atoms with Gasteiger partial charge >= 0.3 is 5.97 Å². The van der Waals surface area contributed by atoms with E-state index in [1.807, 2.05) is 6.92 Å². The highest BCUT2D eigenvalue weighted by Crippen LogP contribution is 2.22. The van der Waals surface area contributed by atoms with Gasteiger partial charge in [0.05, 0.1) is 12.9 Å². The number of hydrogen-bond donors (Lipinski definition) is 1. The Hall–Kier alpha value is -1.67. The molecule has 0 aliphatic carbocycles. The highest BCUT2D eigenvalue weighted by Gasteiger charge is 2.13. The van der Waals surface area contributed by atoms with Crippen molar-refractivity contribution in [3.63, 3.8) is 0 Å². The molecule has 0 aliphatic rings. The van der Waals surface area contributed by atoms with Crippen molar-refractivity contribution in [1.29, 1.82) is 0 Å². The average molecular weight is 318 g/mol. The molecule has 0 aromatic carbocycles. The van der Waals surface area contributed by atoms with Crippen LogP contribution >= 0.6 is 11.8 Å². The van der Waals surface area contributed by atoms with E-state index in [2.05, 4.69) is 14.9 Å². The highest BCUT2D eigenvalue weighted by molar-refractivity contribution is 7.98. The van der Waals surface area contributed by atoms with Crippen molar-refractivity contribution in [3.05, 3.63) is 29.5 Å². The Labute approximate surface area is 126 Å². The van der Waals surface area contributed by atoms with Crippen LogP contribution in [0.2, 0.25) is 0 Å². The van der Waals surface area contributed by atoms with E-state index in [9.17, 15) is 4.79 Å². The quantitative estimate of drug-likeness (QED) is 0.396. The van der Waals surface area contributed by atoms with Crippen molar-refractivity contribution in [2.24, 2.45) is 0 Å². The van der Waals surface area contributed by atoms with Crippen molar-refractivity contribution in [3.8, 4) is 0 Å². The van der Waals surface area contributed by atoms with E-state index >= 15 is 0 Å². The lowest BCUT2D eigenvalue weighted by atomic mass is 10.4. The van der Waals surface area contributed by atoms with Gasteiger partial charge in [-0.1, -0.05) is 18.7 Å². The summed E-state index contributed by atoms with van der Waals surface area (Å²) in [7, 11) is 1.31. The van der Waals surface area contributed by atoms with Crippen LogP contribution < -0.4 is 18.2 Å². The molecule has 2 rings (SSSR count). The van der Waals surface area contributed by atoms with Crippen LogP contribution in [0.15, 0.2) is 21.7 Å². The number of thioether (sulfide) groups is 1. The lowest BCUT2D eigenvalue weighted by molar-refractivity contribution is -0.0000187. The van der Waals surface area contributed by atoms with Gasteiger partial charge in [0.2, 0.25) is 10.9 Å². The first kappa shape index (κ1) is 16.4. The summed E-state index contributed by atoms with van der Waals surface area (Å²) >= 11 is 1.39. The van der Waals surface area contributed by atoms with Crippen molar-refractivity contribution >= 4 is 17.7 Å². The number of halogens is 1. The Bertz CT molecular complexity index is 584. The maximum absolute atomic E-state index is 11.2. The summed E-state index contributed by atoms with van der Waals surface area (Å²) in [5, 5.41) is 8.54. The summed E-state index contributed by atoms with van der Waals surface area (Å²) in [6.07, 6.45) is 0.720. The first-order valence-electron chi connectivity index (χ1n) is 5.65. The van der Waals surface area contributed by atoms with E-state index < -0.39 is 5.97 Å². The molecule has 0 bridgehead atoms. The minimum Gasteiger partial charge on any atom is -1.00 e. The number of aryl methyl sites for hydroxylation is 1. The summed E-state index contributed by atoms with van der Waals surface area (Å²) in [5.74, 6) is 7.38. The molecular weight excluding hydrogens is 304 g/mol. The largest absolute Gasteiger partial charge is 1.00 e. The standard InChI is InChI=1S/C11H14N4O3S.ClH/c1-3-9-13-14-11(15(9)12)19-6-7-4-5-8(18-7)10(16)17-2;/h4-5H,3,6,12H2,1-2H3;1H/p-1. The third-order valence-electron chi connectivity index (χ3n) is 2.44. The molecule has 7 nitrogen and oxygen atoms in total. The van der Waals surface area contributed by atoms with Crippen molar-refractivity contribution < 1.29 is 26.4 Å². The van der Waals surface area contributed by atoms with Gasteiger partial charge in [0, 0.05) is 6.42 Å². The normalized spacial score (nSPS) is 10.1. The first-order valence-corrected chi connectivity index (χ1v) is 6.63. The number of furan rings is 1. The molecule has 0 saturated heterocycles. The summed E-state index contributed by atoms with van der Waals surface area (Å²) in [5.41, 5.74) is 0. The second-order valence-corrected chi connectivity index (χ2v) is 4.61. The number of methoxy groups -OCH3 is 1. The lowest BCUT2D eigenvalue weighted by Crippen LogP contribution is -3.00. The number of esters is 1. The molecule has 0 unspecified atom stereocenters. The monoisotopic (exact) mass is 317 g/mol. The molecular formula is C11H14ClN4O3S-. The summed E-state index contributed by atoms with van der Waals surface area (Å²) in [4.78, 5) is 11.2. The number of carbonyl (C=O) groups is 1. The van der Waals surface area contributed by atoms with Crippen molar-refractivity contribution in [1.82, 2.24) is 14.9 Å². The van der Waals surface area contributed by atoms with Crippen molar-refractivity contribution in [2.45, 2.75) is 24.3 Å². The number of hydrogen-bond acceptors (Lipinski definition) is 7. The molecule has 2 heterocycles. The van der Waals surface area contributed by atoms with Crippen LogP contribution in [0.1, 0.15) is 29.1 Å². The zero-order chi connectivity index (χ0) is 13.8. The Morgan fingerprint density at radius 1 is 1.50 bits per heavy atom. The summed E-state index contributed by atoms with van der Waals surface area (Å²) in [6, 6.07) is 3.30. The van der Waals surface area contributed by atoms with Crippen LogP contribution in [0, 0.1) is 0 Å². The van der Waals surface area contributed by atoms with Crippen LogP contribution in [0.5, 0.6) is 0 Å². The third-order valence-corrected chi connectivity index (χ3v) is 3.41. The average Bonchev–Trinajstić information content (AvgIpc) is 3.02. The Kier molecular flexibility index (Phi) is 5.90. The number of nitrogen functional groups attached to an aromatic ring is 1. The number of rotatable bonds is 5. The van der Waals surface area contributed by atoms with Crippen molar-refractivity contribution in [2.75, 3.05) is 13.0 Å². The molecule has 0 aliphatic heterocycles. The van der Waals surface area contributed by atoms with Gasteiger partial charge in [0.1, 0.15) is 5.76 Å². The Balaban J connectivity index is 0.00000200. The molecule has 9 heteroatoms. The maximum atomic E-state index is 11.2.